The first-order chi connectivity index (χ1) is 13.8. The zero-order valence-electron chi connectivity index (χ0n) is 16.8. The molecule has 0 atom stereocenters. The van der Waals surface area contributed by atoms with E-state index < -0.39 is 0 Å². The molecule has 0 spiro atoms. The summed E-state index contributed by atoms with van der Waals surface area (Å²) < 4.78 is 8.41. The summed E-state index contributed by atoms with van der Waals surface area (Å²) in [6.45, 7) is 6.04. The maximum atomic E-state index is 5.98. The van der Waals surface area contributed by atoms with Crippen molar-refractivity contribution in [1.29, 1.82) is 0 Å². The molecule has 3 heteroatoms. The fraction of sp³-hybridized carbons (Fsp3) is 0.320. The van der Waals surface area contributed by atoms with Crippen LogP contribution in [0.15, 0.2) is 60.8 Å². The summed E-state index contributed by atoms with van der Waals surface area (Å²) in [7, 11) is 0. The normalized spacial score (nSPS) is 11.4. The van der Waals surface area contributed by atoms with E-state index in [0.29, 0.717) is 0 Å². The van der Waals surface area contributed by atoms with Gasteiger partial charge in [-0.2, -0.15) is 0 Å². The van der Waals surface area contributed by atoms with Crippen molar-refractivity contribution in [3.05, 3.63) is 72.1 Å². The molecule has 0 aliphatic heterocycles. The molecule has 2 aromatic carbocycles. The van der Waals surface area contributed by atoms with E-state index in [1.54, 1.807) is 0 Å². The molecule has 28 heavy (non-hydrogen) atoms. The van der Waals surface area contributed by atoms with E-state index in [1.165, 1.54) is 27.4 Å². The van der Waals surface area contributed by atoms with Crippen molar-refractivity contribution in [1.82, 2.24) is 9.55 Å². The molecule has 0 saturated heterocycles. The number of hydrogen-bond acceptors (Lipinski definition) is 2. The molecule has 0 radical (unpaired) electrons. The van der Waals surface area contributed by atoms with Gasteiger partial charge in [-0.05, 0) is 49.9 Å². The molecule has 144 valence electrons. The second-order valence-electron chi connectivity index (χ2n) is 7.41. The van der Waals surface area contributed by atoms with Gasteiger partial charge in [-0.15, -0.1) is 0 Å². The highest BCUT2D eigenvalue weighted by molar-refractivity contribution is 6.09. The Morgan fingerprint density at radius 1 is 0.964 bits per heavy atom. The number of hydrogen-bond donors (Lipinski definition) is 0. The van der Waals surface area contributed by atoms with Gasteiger partial charge in [0.2, 0.25) is 0 Å². The third-order valence-electron chi connectivity index (χ3n) is 5.38. The average molecular weight is 373 g/mol. The summed E-state index contributed by atoms with van der Waals surface area (Å²) in [6.07, 6.45) is 6.32. The van der Waals surface area contributed by atoms with Crippen LogP contribution in [0, 0.1) is 6.92 Å². The Hall–Kier alpha value is -2.81. The number of unbranched alkanes of at least 4 members (excludes halogenated alkanes) is 1. The minimum atomic E-state index is 0.775. The summed E-state index contributed by atoms with van der Waals surface area (Å²) in [5.74, 6) is 0.957. The van der Waals surface area contributed by atoms with Crippen molar-refractivity contribution in [3.8, 4) is 5.75 Å². The summed E-state index contributed by atoms with van der Waals surface area (Å²) in [6, 6.07) is 19.4. The fourth-order valence-corrected chi connectivity index (χ4v) is 3.94. The third-order valence-corrected chi connectivity index (χ3v) is 5.38. The van der Waals surface area contributed by atoms with E-state index in [1.807, 2.05) is 6.20 Å². The van der Waals surface area contributed by atoms with Crippen molar-refractivity contribution in [2.45, 2.75) is 46.1 Å². The number of benzene rings is 2. The van der Waals surface area contributed by atoms with Crippen molar-refractivity contribution in [2.75, 3.05) is 6.61 Å². The number of ether oxygens (including phenoxy) is 1. The molecule has 0 aliphatic carbocycles. The van der Waals surface area contributed by atoms with Crippen LogP contribution in [-0.4, -0.2) is 16.2 Å². The topological polar surface area (TPSA) is 27.1 Å². The number of aryl methyl sites for hydroxylation is 3. The molecule has 3 nitrogen and oxygen atoms in total. The van der Waals surface area contributed by atoms with Gasteiger partial charge in [0, 0.05) is 29.6 Å². The van der Waals surface area contributed by atoms with Gasteiger partial charge in [0.15, 0.2) is 0 Å². The van der Waals surface area contributed by atoms with Crippen LogP contribution in [-0.2, 0) is 13.0 Å². The highest BCUT2D eigenvalue weighted by Crippen LogP contribution is 2.33. The molecule has 0 saturated carbocycles. The first-order valence-corrected chi connectivity index (χ1v) is 10.3. The zero-order chi connectivity index (χ0) is 19.3. The molecule has 0 aliphatic rings. The van der Waals surface area contributed by atoms with Gasteiger partial charge in [0.25, 0.3) is 0 Å². The second kappa shape index (κ2) is 8.47. The van der Waals surface area contributed by atoms with E-state index in [0.717, 1.165) is 50.3 Å². The van der Waals surface area contributed by atoms with Gasteiger partial charge in [-0.1, -0.05) is 43.7 Å². The number of pyridine rings is 1. The van der Waals surface area contributed by atoms with Gasteiger partial charge in [0.1, 0.15) is 5.75 Å². The maximum absolute atomic E-state index is 5.98. The Labute approximate surface area is 167 Å². The van der Waals surface area contributed by atoms with Crippen LogP contribution in [0.1, 0.15) is 37.4 Å². The second-order valence-corrected chi connectivity index (χ2v) is 7.41. The van der Waals surface area contributed by atoms with Crippen LogP contribution in [0.25, 0.3) is 21.8 Å². The molecule has 0 amide bonds. The van der Waals surface area contributed by atoms with E-state index in [4.69, 9.17) is 4.74 Å². The minimum absolute atomic E-state index is 0.775. The number of nitrogens with zero attached hydrogens (tertiary/aromatic N) is 2. The summed E-state index contributed by atoms with van der Waals surface area (Å²) in [4.78, 5) is 4.56. The van der Waals surface area contributed by atoms with Crippen LogP contribution in [0.4, 0.5) is 0 Å². The van der Waals surface area contributed by atoms with Crippen LogP contribution >= 0.6 is 0 Å². The largest absolute Gasteiger partial charge is 0.494 e. The van der Waals surface area contributed by atoms with Crippen LogP contribution in [0.3, 0.4) is 0 Å². The van der Waals surface area contributed by atoms with E-state index in [2.05, 4.69) is 78.0 Å². The number of rotatable bonds is 8. The standard InChI is InChI=1S/C25H28N2O/c1-3-4-17-28-21-12-13-22-23-14-15-26-19(2)25(23)27(24(22)18-21)16-8-11-20-9-6-5-7-10-20/h5-7,9-10,12-15,18H,3-4,8,11,16-17H2,1-2H3. The minimum Gasteiger partial charge on any atom is -0.494 e. The Morgan fingerprint density at radius 2 is 1.82 bits per heavy atom. The van der Waals surface area contributed by atoms with Crippen molar-refractivity contribution in [2.24, 2.45) is 0 Å². The first-order valence-electron chi connectivity index (χ1n) is 10.3. The molecule has 4 aromatic rings. The Bertz CT molecular complexity index is 1070. The number of fused-ring (bicyclic) bond motifs is 3. The molecule has 4 rings (SSSR count). The zero-order valence-corrected chi connectivity index (χ0v) is 16.8. The van der Waals surface area contributed by atoms with Crippen molar-refractivity contribution < 1.29 is 4.74 Å². The molecule has 2 heterocycles. The lowest BCUT2D eigenvalue weighted by atomic mass is 10.1. The van der Waals surface area contributed by atoms with Crippen LogP contribution in [0.5, 0.6) is 5.75 Å². The monoisotopic (exact) mass is 372 g/mol. The average Bonchev–Trinajstić information content (AvgIpc) is 3.04. The van der Waals surface area contributed by atoms with E-state index in [-0.39, 0.29) is 0 Å². The molecule has 0 unspecified atom stereocenters. The van der Waals surface area contributed by atoms with E-state index >= 15 is 0 Å². The van der Waals surface area contributed by atoms with Crippen LogP contribution < -0.4 is 4.74 Å². The van der Waals surface area contributed by atoms with Crippen molar-refractivity contribution in [3.63, 3.8) is 0 Å². The molecule has 0 bridgehead atoms. The lowest BCUT2D eigenvalue weighted by Gasteiger charge is -2.10. The molecule has 0 fully saturated rings. The van der Waals surface area contributed by atoms with Crippen molar-refractivity contribution >= 4 is 21.8 Å². The van der Waals surface area contributed by atoms with Gasteiger partial charge >= 0.3 is 0 Å². The Kier molecular flexibility index (Phi) is 5.61. The predicted octanol–water partition coefficient (Wildman–Crippen LogP) is 6.31. The molecular formula is C25H28N2O. The van der Waals surface area contributed by atoms with Gasteiger partial charge in [0.05, 0.1) is 23.3 Å². The van der Waals surface area contributed by atoms with Gasteiger partial charge in [-0.25, -0.2) is 0 Å². The maximum Gasteiger partial charge on any atom is 0.121 e. The highest BCUT2D eigenvalue weighted by Gasteiger charge is 2.14. The molecule has 2 aromatic heterocycles. The quantitative estimate of drug-likeness (QED) is 0.339. The Morgan fingerprint density at radius 3 is 2.64 bits per heavy atom. The smallest absolute Gasteiger partial charge is 0.121 e. The third kappa shape index (κ3) is 3.75. The number of aromatic nitrogens is 2. The summed E-state index contributed by atoms with van der Waals surface area (Å²) in [5.41, 5.74) is 4.97. The lowest BCUT2D eigenvalue weighted by molar-refractivity contribution is 0.309. The van der Waals surface area contributed by atoms with Gasteiger partial charge in [-0.3, -0.25) is 4.98 Å². The summed E-state index contributed by atoms with van der Waals surface area (Å²) >= 11 is 0. The molecular weight excluding hydrogens is 344 g/mol. The Balaban J connectivity index is 1.69. The summed E-state index contributed by atoms with van der Waals surface area (Å²) in [5, 5.41) is 2.56. The van der Waals surface area contributed by atoms with Gasteiger partial charge < -0.3 is 9.30 Å². The highest BCUT2D eigenvalue weighted by atomic mass is 16.5. The lowest BCUT2D eigenvalue weighted by Crippen LogP contribution is -2.02. The van der Waals surface area contributed by atoms with E-state index in [9.17, 15) is 0 Å². The SMILES string of the molecule is CCCCOc1ccc2c3ccnc(C)c3n(CCCc3ccccc3)c2c1. The molecule has 0 N–H and O–H groups in total. The fourth-order valence-electron chi connectivity index (χ4n) is 3.94. The van der Waals surface area contributed by atoms with Crippen LogP contribution in [0.2, 0.25) is 0 Å². The first kappa shape index (κ1) is 18.5. The predicted molar refractivity (Wildman–Crippen MR) is 117 cm³/mol.